The first kappa shape index (κ1) is 42.5. The lowest BCUT2D eigenvalue weighted by atomic mass is 9.62. The molecule has 1 N–H and O–H groups in total. The van der Waals surface area contributed by atoms with E-state index < -0.39 is 0 Å². The highest BCUT2D eigenvalue weighted by Gasteiger charge is 2.43. The van der Waals surface area contributed by atoms with Crippen LogP contribution in [0.1, 0.15) is 129 Å². The fourth-order valence-corrected chi connectivity index (χ4v) is 14.6. The highest BCUT2D eigenvalue weighted by molar-refractivity contribution is 7.29. The van der Waals surface area contributed by atoms with E-state index in [1.165, 1.54) is 136 Å². The molecule has 2 nitrogen and oxygen atoms in total. The van der Waals surface area contributed by atoms with Gasteiger partial charge < -0.3 is 9.88 Å². The number of nitrogens with zero attached hydrogens (tertiary/aromatic N) is 1. The number of nitrogens with one attached hydrogen (secondary N) is 1. The van der Waals surface area contributed by atoms with E-state index in [-0.39, 0.29) is 27.1 Å². The van der Waals surface area contributed by atoms with Crippen LogP contribution in [0.25, 0.3) is 80.0 Å². The first-order valence-electron chi connectivity index (χ1n) is 24.8. The first-order valence-corrected chi connectivity index (χ1v) is 26.4. The summed E-state index contributed by atoms with van der Waals surface area (Å²) in [4.78, 5) is 0. The minimum absolute atomic E-state index is 0.0332. The van der Waals surface area contributed by atoms with Crippen LogP contribution in [0.3, 0.4) is 0 Å². The molecule has 4 heterocycles. The van der Waals surface area contributed by atoms with Crippen molar-refractivity contribution >= 4 is 104 Å². The Labute approximate surface area is 410 Å². The molecule has 2 aliphatic carbocycles. The van der Waals surface area contributed by atoms with Crippen LogP contribution in [0.15, 0.2) is 115 Å². The second-order valence-electron chi connectivity index (χ2n) is 24.4. The minimum Gasteiger partial charge on any atom is -0.355 e. The van der Waals surface area contributed by atoms with Crippen LogP contribution in [0, 0.1) is 0 Å². The molecular weight excluding hydrogens is 860 g/mol. The van der Waals surface area contributed by atoms with Gasteiger partial charge in [-0.05, 0) is 155 Å². The molecule has 3 aliphatic rings. The van der Waals surface area contributed by atoms with E-state index in [4.69, 9.17) is 0 Å². The van der Waals surface area contributed by atoms with E-state index in [9.17, 15) is 0 Å². The highest BCUT2D eigenvalue weighted by Crippen LogP contribution is 2.56. The Bertz CT molecular complexity index is 3830. The van der Waals surface area contributed by atoms with Crippen molar-refractivity contribution in [2.75, 3.05) is 5.32 Å². The molecule has 10 aromatic rings. The van der Waals surface area contributed by atoms with E-state index in [1.807, 2.05) is 22.7 Å². The third-order valence-corrected chi connectivity index (χ3v) is 18.9. The molecule has 1 aliphatic heterocycles. The quantitative estimate of drug-likeness (QED) is 0.175. The lowest BCUT2D eigenvalue weighted by molar-refractivity contribution is 0.331. The molecule has 3 aromatic heterocycles. The monoisotopic (exact) mass is 919 g/mol. The summed E-state index contributed by atoms with van der Waals surface area (Å²) in [5, 5.41) is 10.7. The second-order valence-corrected chi connectivity index (χ2v) is 26.5. The molecule has 5 heteroatoms. The number of rotatable bonds is 3. The SMILES string of the molecule is CC(C)(C)c1ccc(Nc2cc3c(cc2-c2ccc4c5cc6sc7ccccc7c6cc5n5c4c2[B]c2sc4ccc(C(C)(C)C)cc4c2-5)C(C)(C)c2cc4c(cc2-3)C(C)(C)CCC4(C)C)cc1. The van der Waals surface area contributed by atoms with Gasteiger partial charge in [-0.2, -0.15) is 0 Å². The normalized spacial score (nSPS) is 16.6. The Morgan fingerprint density at radius 1 is 0.515 bits per heavy atom. The number of anilines is 2. The largest absolute Gasteiger partial charge is 0.355 e. The smallest absolute Gasteiger partial charge is 0.211 e. The lowest BCUT2D eigenvalue weighted by Crippen LogP contribution is -2.35. The van der Waals surface area contributed by atoms with Crippen LogP contribution in [-0.2, 0) is 27.1 Å². The average molecular weight is 920 g/mol. The molecule has 1 radical (unpaired) electrons. The summed E-state index contributed by atoms with van der Waals surface area (Å²) in [6, 6.07) is 45.5. The van der Waals surface area contributed by atoms with Crippen molar-refractivity contribution in [2.24, 2.45) is 0 Å². The number of benzene rings is 7. The zero-order chi connectivity index (χ0) is 47.2. The maximum atomic E-state index is 4.07. The predicted octanol–water partition coefficient (Wildman–Crippen LogP) is 17.0. The van der Waals surface area contributed by atoms with Gasteiger partial charge in [-0.25, -0.2) is 0 Å². The minimum atomic E-state index is -0.184. The Hall–Kier alpha value is -5.62. The van der Waals surface area contributed by atoms with E-state index in [1.54, 1.807) is 0 Å². The summed E-state index contributed by atoms with van der Waals surface area (Å²) in [7, 11) is 2.54. The van der Waals surface area contributed by atoms with Gasteiger partial charge in [-0.15, -0.1) is 22.7 Å². The summed E-state index contributed by atoms with van der Waals surface area (Å²) in [5.41, 5.74) is 21.5. The van der Waals surface area contributed by atoms with Gasteiger partial charge in [0.2, 0.25) is 7.28 Å². The van der Waals surface area contributed by atoms with Gasteiger partial charge in [0.1, 0.15) is 0 Å². The van der Waals surface area contributed by atoms with Crippen molar-refractivity contribution in [3.8, 4) is 27.9 Å². The molecule has 0 fully saturated rings. The molecule has 7 aromatic carbocycles. The van der Waals surface area contributed by atoms with Crippen LogP contribution < -0.4 is 15.6 Å². The van der Waals surface area contributed by atoms with E-state index in [0.717, 1.165) is 11.4 Å². The third kappa shape index (κ3) is 6.00. The topological polar surface area (TPSA) is 17.0 Å². The molecule has 68 heavy (non-hydrogen) atoms. The van der Waals surface area contributed by atoms with E-state index >= 15 is 0 Å². The fraction of sp³-hybridized carbons (Fsp3) is 0.302. The molecule has 0 spiro atoms. The van der Waals surface area contributed by atoms with Crippen LogP contribution in [0.4, 0.5) is 11.4 Å². The van der Waals surface area contributed by atoms with Gasteiger partial charge in [0.05, 0.1) is 11.2 Å². The standard InChI is InChI=1S/C63H60BN2S2/c1-59(2,3)34-17-20-36(21-18-34)65-50-30-41-40-28-48-49(62(9,10)26-25-61(48,7)8)33-47(40)63(11,12)46(41)29-42(50)38-22-23-39-43-32-54-44(37-15-13-14-16-52(37)67-54)31-51(43)66-56(39)55(38)64-58-57(66)45-27-35(60(4,5)6)19-24-53(45)68-58/h13-24,27-33,65H,25-26H2,1-12H3. The maximum absolute atomic E-state index is 4.07. The Morgan fingerprint density at radius 3 is 1.90 bits per heavy atom. The number of fused-ring (bicyclic) bond motifs is 14. The molecule has 337 valence electrons. The molecule has 0 unspecified atom stereocenters. The number of hydrogen-bond donors (Lipinski definition) is 1. The molecular formula is C63H60BN2S2. The molecule has 0 bridgehead atoms. The summed E-state index contributed by atoms with van der Waals surface area (Å²) >= 11 is 3.84. The van der Waals surface area contributed by atoms with Gasteiger partial charge in [0, 0.05) is 68.9 Å². The Kier molecular flexibility index (Phi) is 8.62. The summed E-state index contributed by atoms with van der Waals surface area (Å²) in [6.07, 6.45) is 2.41. The number of aromatic nitrogens is 1. The van der Waals surface area contributed by atoms with E-state index in [2.05, 4.69) is 216 Å². The van der Waals surface area contributed by atoms with Crippen molar-refractivity contribution in [1.29, 1.82) is 0 Å². The van der Waals surface area contributed by atoms with Crippen molar-refractivity contribution in [3.05, 3.63) is 149 Å². The van der Waals surface area contributed by atoms with Gasteiger partial charge in [-0.3, -0.25) is 0 Å². The van der Waals surface area contributed by atoms with Gasteiger partial charge in [0.15, 0.2) is 0 Å². The highest BCUT2D eigenvalue weighted by atomic mass is 32.1. The van der Waals surface area contributed by atoms with Crippen LogP contribution in [-0.4, -0.2) is 11.8 Å². The van der Waals surface area contributed by atoms with Crippen LogP contribution in [0.5, 0.6) is 0 Å². The number of hydrogen-bond acceptors (Lipinski definition) is 3. The summed E-state index contributed by atoms with van der Waals surface area (Å²) in [6.45, 7) is 28.7. The maximum Gasteiger partial charge on any atom is 0.211 e. The van der Waals surface area contributed by atoms with Gasteiger partial charge >= 0.3 is 0 Å². The van der Waals surface area contributed by atoms with E-state index in [0.29, 0.717) is 0 Å². The van der Waals surface area contributed by atoms with Gasteiger partial charge in [0.25, 0.3) is 0 Å². The molecule has 13 rings (SSSR count). The van der Waals surface area contributed by atoms with Crippen molar-refractivity contribution < 1.29 is 0 Å². The zero-order valence-electron chi connectivity index (χ0n) is 41.7. The lowest BCUT2D eigenvalue weighted by Gasteiger charge is -2.42. The Balaban J connectivity index is 1.10. The zero-order valence-corrected chi connectivity index (χ0v) is 43.4. The van der Waals surface area contributed by atoms with Crippen LogP contribution in [0.2, 0.25) is 0 Å². The molecule has 0 saturated carbocycles. The molecule has 0 amide bonds. The average Bonchev–Trinajstić information content (AvgIpc) is 4.00. The predicted molar refractivity (Wildman–Crippen MR) is 299 cm³/mol. The Morgan fingerprint density at radius 2 is 1.16 bits per heavy atom. The summed E-state index contributed by atoms with van der Waals surface area (Å²) < 4.78 is 7.99. The number of thiophene rings is 2. The molecule has 0 saturated heterocycles. The molecule has 0 atom stereocenters. The van der Waals surface area contributed by atoms with Crippen molar-refractivity contribution in [1.82, 2.24) is 4.57 Å². The van der Waals surface area contributed by atoms with Crippen molar-refractivity contribution in [3.63, 3.8) is 0 Å². The van der Waals surface area contributed by atoms with Crippen LogP contribution >= 0.6 is 22.7 Å². The summed E-state index contributed by atoms with van der Waals surface area (Å²) in [5.74, 6) is 0. The fourth-order valence-electron chi connectivity index (χ4n) is 12.4. The van der Waals surface area contributed by atoms with Gasteiger partial charge in [-0.1, -0.05) is 138 Å². The third-order valence-electron chi connectivity index (χ3n) is 16.6. The second kappa shape index (κ2) is 13.8. The first-order chi connectivity index (χ1) is 32.2. The van der Waals surface area contributed by atoms with Crippen molar-refractivity contribution in [2.45, 2.75) is 123 Å².